The van der Waals surface area contributed by atoms with Gasteiger partial charge in [-0.3, -0.25) is 10.1 Å². The van der Waals surface area contributed by atoms with Gasteiger partial charge in [0, 0.05) is 6.07 Å². The quantitative estimate of drug-likeness (QED) is 0.584. The first-order valence-corrected chi connectivity index (χ1v) is 6.22. The van der Waals surface area contributed by atoms with Crippen molar-refractivity contribution in [2.75, 3.05) is 0 Å². The van der Waals surface area contributed by atoms with E-state index in [4.69, 9.17) is 16.3 Å². The number of hydrogen-bond donors (Lipinski definition) is 0. The van der Waals surface area contributed by atoms with E-state index >= 15 is 0 Å². The van der Waals surface area contributed by atoms with Crippen molar-refractivity contribution >= 4 is 33.2 Å². The number of benzene rings is 2. The van der Waals surface area contributed by atoms with Gasteiger partial charge in [-0.2, -0.15) is 0 Å². The van der Waals surface area contributed by atoms with Crippen molar-refractivity contribution in [3.8, 4) is 11.5 Å². The zero-order chi connectivity index (χ0) is 14.0. The molecule has 0 amide bonds. The fourth-order valence-electron chi connectivity index (χ4n) is 1.39. The Morgan fingerprint density at radius 3 is 2.53 bits per heavy atom. The fraction of sp³-hybridized carbons (Fsp3) is 0. The molecule has 0 aliphatic heterocycles. The first-order valence-electron chi connectivity index (χ1n) is 5.05. The molecule has 0 heterocycles. The zero-order valence-corrected chi connectivity index (χ0v) is 11.6. The van der Waals surface area contributed by atoms with Gasteiger partial charge >= 0.3 is 0 Å². The van der Waals surface area contributed by atoms with Crippen LogP contribution in [0.5, 0.6) is 11.5 Å². The first-order chi connectivity index (χ1) is 9.00. The average Bonchev–Trinajstić information content (AvgIpc) is 2.37. The van der Waals surface area contributed by atoms with Crippen LogP contribution in [0.1, 0.15) is 0 Å². The minimum atomic E-state index is -0.581. The largest absolute Gasteiger partial charge is 0.453 e. The van der Waals surface area contributed by atoms with Gasteiger partial charge in [0.1, 0.15) is 15.2 Å². The van der Waals surface area contributed by atoms with Crippen molar-refractivity contribution in [2.24, 2.45) is 0 Å². The molecular weight excluding hydrogens is 340 g/mol. The van der Waals surface area contributed by atoms with E-state index in [1.807, 2.05) is 0 Å². The lowest BCUT2D eigenvalue weighted by Crippen LogP contribution is -1.93. The molecule has 2 aromatic carbocycles. The predicted molar refractivity (Wildman–Crippen MR) is 72.3 cm³/mol. The highest BCUT2D eigenvalue weighted by Gasteiger charge is 2.19. The van der Waals surface area contributed by atoms with Crippen molar-refractivity contribution in [1.82, 2.24) is 0 Å². The molecule has 0 unspecified atom stereocenters. The van der Waals surface area contributed by atoms with E-state index in [-0.39, 0.29) is 26.7 Å². The number of hydrogen-bond acceptors (Lipinski definition) is 3. The summed E-state index contributed by atoms with van der Waals surface area (Å²) in [5, 5.41) is 10.7. The van der Waals surface area contributed by atoms with E-state index < -0.39 is 10.7 Å². The lowest BCUT2D eigenvalue weighted by Gasteiger charge is -2.09. The number of nitro benzene ring substituents is 1. The fourth-order valence-corrected chi connectivity index (χ4v) is 2.06. The molecule has 0 N–H and O–H groups in total. The first kappa shape index (κ1) is 13.8. The Hall–Kier alpha value is -1.66. The SMILES string of the molecule is O=[N+]([O-])c1ccc(Oc2ccccc2F)c(Cl)c1Br. The van der Waals surface area contributed by atoms with Crippen molar-refractivity contribution in [3.63, 3.8) is 0 Å². The Kier molecular flexibility index (Phi) is 4.01. The molecule has 19 heavy (non-hydrogen) atoms. The van der Waals surface area contributed by atoms with E-state index in [1.165, 1.54) is 30.3 Å². The number of para-hydroxylation sites is 1. The predicted octanol–water partition coefficient (Wildman–Crippen LogP) is 4.94. The van der Waals surface area contributed by atoms with Gasteiger partial charge in [0.2, 0.25) is 0 Å². The van der Waals surface area contributed by atoms with E-state index in [2.05, 4.69) is 15.9 Å². The summed E-state index contributed by atoms with van der Waals surface area (Å²) in [6.07, 6.45) is 0. The van der Waals surface area contributed by atoms with Gasteiger partial charge in [0.05, 0.1) is 4.92 Å². The Bertz CT molecular complexity index is 651. The van der Waals surface area contributed by atoms with Crippen LogP contribution in [0.15, 0.2) is 40.9 Å². The monoisotopic (exact) mass is 345 g/mol. The third kappa shape index (κ3) is 2.85. The maximum Gasteiger partial charge on any atom is 0.285 e. The Morgan fingerprint density at radius 1 is 1.21 bits per heavy atom. The molecule has 2 rings (SSSR count). The molecule has 0 bridgehead atoms. The van der Waals surface area contributed by atoms with Gasteiger partial charge in [-0.05, 0) is 34.1 Å². The molecule has 0 saturated heterocycles. The van der Waals surface area contributed by atoms with Gasteiger partial charge in [-0.25, -0.2) is 4.39 Å². The van der Waals surface area contributed by atoms with Gasteiger partial charge in [-0.15, -0.1) is 0 Å². The van der Waals surface area contributed by atoms with Crippen molar-refractivity contribution < 1.29 is 14.1 Å². The van der Waals surface area contributed by atoms with Crippen LogP contribution in [0.3, 0.4) is 0 Å². The van der Waals surface area contributed by atoms with E-state index in [0.717, 1.165) is 0 Å². The van der Waals surface area contributed by atoms with Crippen molar-refractivity contribution in [2.45, 2.75) is 0 Å². The summed E-state index contributed by atoms with van der Waals surface area (Å²) in [5.41, 5.74) is -0.189. The molecule has 2 aromatic rings. The summed E-state index contributed by atoms with van der Waals surface area (Å²) >= 11 is 8.96. The van der Waals surface area contributed by atoms with Crippen LogP contribution in [0, 0.1) is 15.9 Å². The van der Waals surface area contributed by atoms with E-state index in [1.54, 1.807) is 6.07 Å². The number of rotatable bonds is 3. The molecule has 0 fully saturated rings. The maximum absolute atomic E-state index is 13.4. The molecule has 0 spiro atoms. The van der Waals surface area contributed by atoms with Crippen LogP contribution in [-0.2, 0) is 0 Å². The summed E-state index contributed by atoms with van der Waals surface area (Å²) in [7, 11) is 0. The lowest BCUT2D eigenvalue weighted by molar-refractivity contribution is -0.385. The molecule has 0 aliphatic rings. The minimum Gasteiger partial charge on any atom is -0.453 e. The van der Waals surface area contributed by atoms with Gasteiger partial charge in [0.25, 0.3) is 5.69 Å². The Labute approximate surface area is 121 Å². The second-order valence-electron chi connectivity index (χ2n) is 3.50. The number of nitro groups is 1. The number of halogens is 3. The lowest BCUT2D eigenvalue weighted by atomic mass is 10.3. The molecular formula is C12H6BrClFNO3. The molecule has 4 nitrogen and oxygen atoms in total. The molecule has 7 heteroatoms. The van der Waals surface area contributed by atoms with Crippen molar-refractivity contribution in [1.29, 1.82) is 0 Å². The van der Waals surface area contributed by atoms with Crippen LogP contribution in [0.25, 0.3) is 0 Å². The molecule has 0 radical (unpaired) electrons. The van der Waals surface area contributed by atoms with Crippen molar-refractivity contribution in [3.05, 3.63) is 61.8 Å². The summed E-state index contributed by atoms with van der Waals surface area (Å²) in [5.74, 6) is -0.428. The second kappa shape index (κ2) is 5.54. The zero-order valence-electron chi connectivity index (χ0n) is 9.27. The average molecular weight is 347 g/mol. The van der Waals surface area contributed by atoms with Gasteiger partial charge in [0.15, 0.2) is 11.6 Å². The third-order valence-electron chi connectivity index (χ3n) is 2.28. The molecule has 0 atom stereocenters. The molecule has 0 saturated carbocycles. The maximum atomic E-state index is 13.4. The number of nitrogens with zero attached hydrogens (tertiary/aromatic N) is 1. The van der Waals surface area contributed by atoms with E-state index in [0.29, 0.717) is 0 Å². The Morgan fingerprint density at radius 2 is 1.89 bits per heavy atom. The van der Waals surface area contributed by atoms with Crippen LogP contribution >= 0.6 is 27.5 Å². The van der Waals surface area contributed by atoms with Crippen LogP contribution < -0.4 is 4.74 Å². The highest BCUT2D eigenvalue weighted by atomic mass is 79.9. The minimum absolute atomic E-state index is 0.00912. The second-order valence-corrected chi connectivity index (χ2v) is 4.67. The van der Waals surface area contributed by atoms with Crippen LogP contribution in [0.4, 0.5) is 10.1 Å². The molecule has 0 aromatic heterocycles. The van der Waals surface area contributed by atoms with Crippen LogP contribution in [0.2, 0.25) is 5.02 Å². The summed E-state index contributed by atoms with van der Waals surface area (Å²) in [6, 6.07) is 8.34. The van der Waals surface area contributed by atoms with Crippen LogP contribution in [-0.4, -0.2) is 4.92 Å². The van der Waals surface area contributed by atoms with Gasteiger partial charge in [-0.1, -0.05) is 23.7 Å². The molecule has 0 aliphatic carbocycles. The highest BCUT2D eigenvalue weighted by Crippen LogP contribution is 2.40. The standard InChI is InChI=1S/C12H6BrClFNO3/c13-11-8(16(17)18)5-6-10(12(11)14)19-9-4-2-1-3-7(9)15/h1-6H. The third-order valence-corrected chi connectivity index (χ3v) is 3.69. The Balaban J connectivity index is 2.40. The highest BCUT2D eigenvalue weighted by molar-refractivity contribution is 9.10. The van der Waals surface area contributed by atoms with Gasteiger partial charge < -0.3 is 4.74 Å². The molecule has 98 valence electrons. The topological polar surface area (TPSA) is 52.4 Å². The van der Waals surface area contributed by atoms with E-state index in [9.17, 15) is 14.5 Å². The summed E-state index contributed by atoms with van der Waals surface area (Å²) in [6.45, 7) is 0. The normalized spacial score (nSPS) is 10.3. The smallest absolute Gasteiger partial charge is 0.285 e. The number of ether oxygens (including phenoxy) is 1. The summed E-state index contributed by atoms with van der Waals surface area (Å²) < 4.78 is 18.8. The summed E-state index contributed by atoms with van der Waals surface area (Å²) in [4.78, 5) is 10.1.